The van der Waals surface area contributed by atoms with Crippen LogP contribution < -0.4 is 15.4 Å². The molecule has 0 aromatic heterocycles. The Labute approximate surface area is 152 Å². The van der Waals surface area contributed by atoms with E-state index in [4.69, 9.17) is 0 Å². The minimum atomic E-state index is -3.13. The fourth-order valence-electron chi connectivity index (χ4n) is 2.63. The molecule has 0 aliphatic heterocycles. The van der Waals surface area contributed by atoms with Gasteiger partial charge in [0.05, 0.1) is 12.8 Å². The largest absolute Gasteiger partial charge is 0.357 e. The number of hydrogen-bond acceptors (Lipinski definition) is 3. The van der Waals surface area contributed by atoms with E-state index in [-0.39, 0.29) is 24.0 Å². The van der Waals surface area contributed by atoms with Crippen LogP contribution >= 0.6 is 24.0 Å². The van der Waals surface area contributed by atoms with Crippen molar-refractivity contribution in [3.8, 4) is 0 Å². The van der Waals surface area contributed by atoms with Gasteiger partial charge in [-0.05, 0) is 38.5 Å². The summed E-state index contributed by atoms with van der Waals surface area (Å²) in [4.78, 5) is 4.42. The van der Waals surface area contributed by atoms with Gasteiger partial charge in [-0.1, -0.05) is 13.3 Å². The highest BCUT2D eigenvalue weighted by molar-refractivity contribution is 14.0. The quantitative estimate of drug-likeness (QED) is 0.241. The Morgan fingerprint density at radius 2 is 1.82 bits per heavy atom. The lowest BCUT2D eigenvalue weighted by Crippen LogP contribution is -2.45. The minimum absolute atomic E-state index is 0. The van der Waals surface area contributed by atoms with Crippen molar-refractivity contribution in [3.05, 3.63) is 0 Å². The summed E-state index contributed by atoms with van der Waals surface area (Å²) in [5, 5.41) is 6.68. The van der Waals surface area contributed by atoms with E-state index < -0.39 is 10.0 Å². The van der Waals surface area contributed by atoms with Crippen molar-refractivity contribution < 1.29 is 8.42 Å². The summed E-state index contributed by atoms with van der Waals surface area (Å²) in [5.41, 5.74) is 0. The van der Waals surface area contributed by atoms with Crippen molar-refractivity contribution >= 4 is 40.0 Å². The predicted molar refractivity (Wildman–Crippen MR) is 103 cm³/mol. The van der Waals surface area contributed by atoms with Crippen molar-refractivity contribution in [2.75, 3.05) is 25.9 Å². The zero-order valence-electron chi connectivity index (χ0n) is 13.9. The van der Waals surface area contributed by atoms with Crippen LogP contribution in [0.2, 0.25) is 0 Å². The molecule has 8 heteroatoms. The summed E-state index contributed by atoms with van der Waals surface area (Å²) in [6, 6.07) is 0.480. The van der Waals surface area contributed by atoms with Crippen molar-refractivity contribution in [1.29, 1.82) is 0 Å². The fourth-order valence-corrected chi connectivity index (χ4v) is 3.09. The fraction of sp³-hybridized carbons (Fsp3) is 0.929. The number of guanidine groups is 1. The Kier molecular flexibility index (Phi) is 11.4. The van der Waals surface area contributed by atoms with Gasteiger partial charge in [0.2, 0.25) is 10.0 Å². The first-order chi connectivity index (χ1) is 9.94. The minimum Gasteiger partial charge on any atom is -0.357 e. The molecule has 1 aliphatic carbocycles. The Balaban J connectivity index is 0.00000441. The third-order valence-electron chi connectivity index (χ3n) is 3.86. The molecule has 1 aliphatic rings. The van der Waals surface area contributed by atoms with Crippen LogP contribution in [0, 0.1) is 5.92 Å². The first kappa shape index (κ1) is 21.9. The van der Waals surface area contributed by atoms with Crippen molar-refractivity contribution in [2.24, 2.45) is 10.9 Å². The monoisotopic (exact) mass is 446 g/mol. The van der Waals surface area contributed by atoms with Gasteiger partial charge in [0.15, 0.2) is 5.96 Å². The van der Waals surface area contributed by atoms with E-state index in [1.54, 1.807) is 0 Å². The van der Waals surface area contributed by atoms with E-state index in [1.807, 2.05) is 6.92 Å². The standard InChI is InChI=1S/C14H30N4O2S.HI/c1-4-12-6-8-13(9-7-12)18-14(15-5-2)16-10-11-17-21(3,19)20;/h12-13,17H,4-11H2,1-3H3,(H2,15,16,18);1H. The van der Waals surface area contributed by atoms with E-state index in [1.165, 1.54) is 32.1 Å². The summed E-state index contributed by atoms with van der Waals surface area (Å²) in [6.45, 7) is 5.86. The first-order valence-electron chi connectivity index (χ1n) is 7.94. The third kappa shape index (κ3) is 9.83. The molecule has 3 N–H and O–H groups in total. The van der Waals surface area contributed by atoms with E-state index in [0.717, 1.165) is 24.7 Å². The normalized spacial score (nSPS) is 22.8. The third-order valence-corrected chi connectivity index (χ3v) is 4.58. The maximum absolute atomic E-state index is 11.0. The topological polar surface area (TPSA) is 82.6 Å². The first-order valence-corrected chi connectivity index (χ1v) is 9.83. The molecule has 1 rings (SSSR count). The van der Waals surface area contributed by atoms with Crippen LogP contribution in [0.1, 0.15) is 46.0 Å². The summed E-state index contributed by atoms with van der Waals surface area (Å²) < 4.78 is 24.4. The number of nitrogens with one attached hydrogen (secondary N) is 3. The second kappa shape index (κ2) is 11.4. The lowest BCUT2D eigenvalue weighted by Gasteiger charge is -2.29. The maximum Gasteiger partial charge on any atom is 0.208 e. The van der Waals surface area contributed by atoms with Crippen LogP contribution in [0.4, 0.5) is 0 Å². The molecule has 22 heavy (non-hydrogen) atoms. The average molecular weight is 446 g/mol. The molecule has 132 valence electrons. The van der Waals surface area contributed by atoms with Gasteiger partial charge in [-0.25, -0.2) is 13.1 Å². The van der Waals surface area contributed by atoms with Crippen LogP contribution in [0.15, 0.2) is 4.99 Å². The van der Waals surface area contributed by atoms with Crippen LogP contribution in [-0.4, -0.2) is 46.3 Å². The molecule has 0 unspecified atom stereocenters. The Morgan fingerprint density at radius 3 is 2.32 bits per heavy atom. The zero-order chi connectivity index (χ0) is 15.7. The van der Waals surface area contributed by atoms with Crippen molar-refractivity contribution in [1.82, 2.24) is 15.4 Å². The van der Waals surface area contributed by atoms with Gasteiger partial charge in [-0.15, -0.1) is 24.0 Å². The maximum atomic E-state index is 11.0. The molecule has 0 amide bonds. The molecule has 0 atom stereocenters. The zero-order valence-corrected chi connectivity index (χ0v) is 17.0. The number of hydrogen-bond donors (Lipinski definition) is 3. The molecular weight excluding hydrogens is 415 g/mol. The molecule has 0 heterocycles. The molecule has 0 aromatic carbocycles. The molecule has 0 saturated heterocycles. The van der Waals surface area contributed by atoms with E-state index in [9.17, 15) is 8.42 Å². The number of halogens is 1. The Morgan fingerprint density at radius 1 is 1.18 bits per heavy atom. The van der Waals surface area contributed by atoms with Gasteiger partial charge in [0.25, 0.3) is 0 Å². The number of nitrogens with zero attached hydrogens (tertiary/aromatic N) is 1. The lowest BCUT2D eigenvalue weighted by atomic mass is 9.84. The van der Waals surface area contributed by atoms with Crippen LogP contribution in [0.3, 0.4) is 0 Å². The van der Waals surface area contributed by atoms with E-state index in [0.29, 0.717) is 19.1 Å². The molecular formula is C14H31IN4O2S. The van der Waals surface area contributed by atoms with E-state index in [2.05, 4.69) is 27.3 Å². The molecule has 0 bridgehead atoms. The van der Waals surface area contributed by atoms with Gasteiger partial charge < -0.3 is 10.6 Å². The molecule has 0 aromatic rings. The highest BCUT2D eigenvalue weighted by Crippen LogP contribution is 2.26. The molecule has 0 radical (unpaired) electrons. The number of sulfonamides is 1. The molecule has 1 fully saturated rings. The van der Waals surface area contributed by atoms with Gasteiger partial charge in [0.1, 0.15) is 0 Å². The highest BCUT2D eigenvalue weighted by atomic mass is 127. The number of aliphatic imine (C=N–C) groups is 1. The lowest BCUT2D eigenvalue weighted by molar-refractivity contribution is 0.304. The van der Waals surface area contributed by atoms with Gasteiger partial charge in [0, 0.05) is 19.1 Å². The smallest absolute Gasteiger partial charge is 0.208 e. The SMILES string of the molecule is CCNC(=NCCNS(C)(=O)=O)NC1CCC(CC)CC1.I. The van der Waals surface area contributed by atoms with Gasteiger partial charge in [-0.2, -0.15) is 0 Å². The Bertz CT molecular complexity index is 421. The van der Waals surface area contributed by atoms with Crippen LogP contribution in [0.25, 0.3) is 0 Å². The second-order valence-electron chi connectivity index (χ2n) is 5.70. The van der Waals surface area contributed by atoms with Crippen molar-refractivity contribution in [3.63, 3.8) is 0 Å². The van der Waals surface area contributed by atoms with Gasteiger partial charge in [-0.3, -0.25) is 4.99 Å². The summed E-state index contributed by atoms with van der Waals surface area (Å²) in [7, 11) is -3.13. The molecule has 1 saturated carbocycles. The summed E-state index contributed by atoms with van der Waals surface area (Å²) >= 11 is 0. The molecule has 6 nitrogen and oxygen atoms in total. The number of rotatable bonds is 7. The molecule has 0 spiro atoms. The highest BCUT2D eigenvalue weighted by Gasteiger charge is 2.20. The summed E-state index contributed by atoms with van der Waals surface area (Å²) in [5.74, 6) is 1.66. The predicted octanol–water partition coefficient (Wildman–Crippen LogP) is 1.68. The Hall–Kier alpha value is -0.0900. The second-order valence-corrected chi connectivity index (χ2v) is 7.53. The van der Waals surface area contributed by atoms with Crippen LogP contribution in [-0.2, 0) is 10.0 Å². The van der Waals surface area contributed by atoms with Gasteiger partial charge >= 0.3 is 0 Å². The van der Waals surface area contributed by atoms with Crippen LogP contribution in [0.5, 0.6) is 0 Å². The summed E-state index contributed by atoms with van der Waals surface area (Å²) in [6.07, 6.45) is 7.37. The van der Waals surface area contributed by atoms with Crippen molar-refractivity contribution in [2.45, 2.75) is 52.0 Å². The van der Waals surface area contributed by atoms with E-state index >= 15 is 0 Å². The average Bonchev–Trinajstić information content (AvgIpc) is 2.43.